The third-order valence-electron chi connectivity index (χ3n) is 8.57. The molecule has 4 aromatic carbocycles. The van der Waals surface area contributed by atoms with Crippen LogP contribution in [0, 0.1) is 6.92 Å². The van der Waals surface area contributed by atoms with Crippen molar-refractivity contribution in [1.29, 1.82) is 0 Å². The molecule has 2 amide bonds. The molecule has 0 bridgehead atoms. The van der Waals surface area contributed by atoms with E-state index < -0.39 is 74.1 Å². The first-order chi connectivity index (χ1) is 27.7. The molecule has 2 aliphatic carbocycles. The summed E-state index contributed by atoms with van der Waals surface area (Å²) < 4.78 is 119. The summed E-state index contributed by atoms with van der Waals surface area (Å²) >= 11 is 0. The number of para-hydroxylation sites is 2. The molecule has 2 aliphatic rings. The minimum atomic E-state index is -5.36. The van der Waals surface area contributed by atoms with E-state index in [-0.39, 0.29) is 145 Å². The summed E-state index contributed by atoms with van der Waals surface area (Å²) in [5.41, 5.74) is 3.34. The average molecular weight is 933 g/mol. The Morgan fingerprint density at radius 3 is 1.48 bits per heavy atom. The zero-order valence-electron chi connectivity index (χ0n) is 33.4. The number of hydrogen-bond acceptors (Lipinski definition) is 18. The van der Waals surface area contributed by atoms with E-state index in [2.05, 4.69) is 31.7 Å². The largest absolute Gasteiger partial charge is 1.00 e. The number of hydrogen-bond donors (Lipinski definition) is 4. The Morgan fingerprint density at radius 2 is 1.05 bits per heavy atom. The Bertz CT molecular complexity index is 2980. The number of allylic oxidation sites excluding steroid dienone is 2. The van der Waals surface area contributed by atoms with Gasteiger partial charge in [-0.15, -0.1) is 0 Å². The van der Waals surface area contributed by atoms with Crippen molar-refractivity contribution in [2.75, 3.05) is 35.7 Å². The van der Waals surface area contributed by atoms with E-state index in [1.165, 1.54) is 50.4 Å². The Morgan fingerprint density at radius 1 is 0.597 bits per heavy atom. The molecule has 0 saturated carbocycles. The number of rotatable bonds is 11. The molecule has 0 spiro atoms. The Balaban J connectivity index is 0.00000341. The molecule has 0 unspecified atom stereocenters. The molecule has 4 N–H and O–H groups in total. The molecule has 306 valence electrons. The van der Waals surface area contributed by atoms with Gasteiger partial charge in [-0.05, 0) is 90.4 Å². The monoisotopic (exact) mass is 932 g/mol. The molecule has 0 aliphatic heterocycles. The van der Waals surface area contributed by atoms with Gasteiger partial charge in [0.25, 0.3) is 0 Å². The number of carbonyl (C=O) groups excluding carboxylic acids is 3. The number of methoxy groups -OCH3 is 2. The van der Waals surface area contributed by atoms with Gasteiger partial charge in [-0.3, -0.25) is 20.4 Å². The number of anilines is 4. The molecule has 0 saturated heterocycles. The van der Waals surface area contributed by atoms with Crippen molar-refractivity contribution in [1.82, 2.24) is 0 Å². The number of urea groups is 1. The van der Waals surface area contributed by atoms with E-state index in [4.69, 9.17) is 9.47 Å². The van der Waals surface area contributed by atoms with Crippen LogP contribution < -0.4 is 120 Å². The molecule has 0 fully saturated rings. The molecule has 20 nitrogen and oxygen atoms in total. The predicted molar refractivity (Wildman–Crippen MR) is 210 cm³/mol. The molecule has 4 aromatic rings. The number of carbonyl (C=O) groups is 3. The van der Waals surface area contributed by atoms with Crippen molar-refractivity contribution >= 4 is 94.3 Å². The number of amides is 2. The van der Waals surface area contributed by atoms with E-state index in [1.807, 2.05) is 0 Å². The number of nitrogens with one attached hydrogen (secondary N) is 4. The molecule has 0 radical (unpaired) electrons. The Hall–Kier alpha value is -3.76. The maximum atomic E-state index is 13.5. The topological polar surface area (TPSA) is 314 Å². The number of Topliss-reactive ketones (excluding diaryl/α,β-unsaturated/α-hetero) is 2. The number of nitrogens with zero attached hydrogens (tertiary/aromatic N) is 2. The predicted octanol–water partition coefficient (Wildman–Crippen LogP) is -5.33. The first-order valence-corrected chi connectivity index (χ1v) is 20.7. The third kappa shape index (κ3) is 11.7. The van der Waals surface area contributed by atoms with Gasteiger partial charge in [-0.2, -0.15) is 10.2 Å². The van der Waals surface area contributed by atoms with Gasteiger partial charge >= 0.3 is 94.7 Å². The van der Waals surface area contributed by atoms with Gasteiger partial charge in [-0.25, -0.2) is 30.0 Å². The zero-order valence-corrected chi connectivity index (χ0v) is 41.9. The van der Waals surface area contributed by atoms with Crippen LogP contribution in [0.25, 0.3) is 12.2 Å². The molecule has 6 rings (SSSR count). The standard InChI is InChI=1S/C36H30N6O14S3.3Na/c1-18-12-26(28(56-3)17-29(18)57(46,47)48)40-42-33-31(59(52,53)54)16-20-14-22(9-11-24(20)35(33)44)38-36(45)37-21-8-10-23-19(13-21)15-30(58(49,50)51)32(34(23)43)41-39-25-6-4-5-7-27(25)55-2;;;/h4-17,39-40H,1-3H3,(H2,37,38,45)(H,46,47,48)(H,49,50,51)(H,52,53,54);;;/q;3*+1/p-3/b41-32-,42-33-;;;. The maximum Gasteiger partial charge on any atom is 1.00 e. The fourth-order valence-electron chi connectivity index (χ4n) is 5.88. The van der Waals surface area contributed by atoms with Gasteiger partial charge in [0.1, 0.15) is 53.3 Å². The number of ketones is 2. The summed E-state index contributed by atoms with van der Waals surface area (Å²) in [5.74, 6) is -1.81. The van der Waals surface area contributed by atoms with Gasteiger partial charge in [0.05, 0.1) is 40.3 Å². The second-order valence-corrected chi connectivity index (χ2v) is 16.4. The zero-order chi connectivity index (χ0) is 43.0. The summed E-state index contributed by atoms with van der Waals surface area (Å²) in [6.07, 6.45) is 1.79. The van der Waals surface area contributed by atoms with Crippen molar-refractivity contribution in [2.24, 2.45) is 10.2 Å². The minimum Gasteiger partial charge on any atom is -0.744 e. The van der Waals surface area contributed by atoms with Crippen molar-refractivity contribution in [2.45, 2.75) is 11.8 Å². The van der Waals surface area contributed by atoms with Gasteiger partial charge in [0, 0.05) is 28.6 Å². The minimum absolute atomic E-state index is 0. The van der Waals surface area contributed by atoms with Crippen LogP contribution in [-0.2, 0) is 30.4 Å². The van der Waals surface area contributed by atoms with E-state index in [9.17, 15) is 53.3 Å². The molecular weight excluding hydrogens is 906 g/mol. The number of benzene rings is 4. The normalized spacial score (nSPS) is 14.7. The summed E-state index contributed by atoms with van der Waals surface area (Å²) in [6, 6.07) is 15.1. The summed E-state index contributed by atoms with van der Waals surface area (Å²) in [5, 5.41) is 12.7. The first-order valence-electron chi connectivity index (χ1n) is 16.5. The van der Waals surface area contributed by atoms with Crippen LogP contribution in [-0.4, -0.2) is 82.2 Å². The summed E-state index contributed by atoms with van der Waals surface area (Å²) in [7, 11) is -13.0. The molecule has 62 heavy (non-hydrogen) atoms. The fraction of sp³-hybridized carbons (Fsp3) is 0.0833. The van der Waals surface area contributed by atoms with Crippen LogP contribution in [0.4, 0.5) is 27.5 Å². The molecule has 0 heterocycles. The van der Waals surface area contributed by atoms with Crippen molar-refractivity contribution in [3.63, 3.8) is 0 Å². The molecule has 26 heteroatoms. The van der Waals surface area contributed by atoms with Gasteiger partial charge in [0.2, 0.25) is 11.6 Å². The smallest absolute Gasteiger partial charge is 0.744 e. The fourth-order valence-corrected chi connectivity index (χ4v) is 7.88. The quantitative estimate of drug-likeness (QED) is 0.0620. The van der Waals surface area contributed by atoms with E-state index in [1.54, 1.807) is 24.3 Å². The number of hydrazone groups is 2. The molecular formula is C36H27N6Na3O14S3. The summed E-state index contributed by atoms with van der Waals surface area (Å²) in [6.45, 7) is 1.30. The summed E-state index contributed by atoms with van der Waals surface area (Å²) in [4.78, 5) is 37.3. The van der Waals surface area contributed by atoms with Crippen LogP contribution in [0.2, 0.25) is 0 Å². The number of ether oxygens (including phenoxy) is 2. The average Bonchev–Trinajstić information content (AvgIpc) is 3.15. The molecule has 0 aromatic heterocycles. The Labute approximate surface area is 420 Å². The van der Waals surface area contributed by atoms with Gasteiger partial charge < -0.3 is 33.8 Å². The Kier molecular flexibility index (Phi) is 17.7. The maximum absolute atomic E-state index is 13.5. The van der Waals surface area contributed by atoms with Gasteiger partial charge in [0.15, 0.2) is 0 Å². The van der Waals surface area contributed by atoms with E-state index in [0.29, 0.717) is 5.75 Å². The van der Waals surface area contributed by atoms with E-state index in [0.717, 1.165) is 31.4 Å². The second kappa shape index (κ2) is 20.8. The number of fused-ring (bicyclic) bond motifs is 2. The van der Waals surface area contributed by atoms with Crippen LogP contribution in [0.3, 0.4) is 0 Å². The van der Waals surface area contributed by atoms with Gasteiger partial charge in [-0.1, -0.05) is 12.1 Å². The van der Waals surface area contributed by atoms with Crippen LogP contribution in [0.15, 0.2) is 97.7 Å². The van der Waals surface area contributed by atoms with Crippen LogP contribution in [0.5, 0.6) is 11.5 Å². The van der Waals surface area contributed by atoms with Crippen LogP contribution in [0.1, 0.15) is 37.4 Å². The molecule has 0 atom stereocenters. The van der Waals surface area contributed by atoms with E-state index >= 15 is 0 Å². The van der Waals surface area contributed by atoms with Crippen molar-refractivity contribution < 1.29 is 151 Å². The second-order valence-electron chi connectivity index (χ2n) is 12.4. The van der Waals surface area contributed by atoms with Crippen molar-refractivity contribution in [3.05, 3.63) is 110 Å². The third-order valence-corrected chi connectivity index (χ3v) is 11.2. The number of aryl methyl sites for hydroxylation is 1. The van der Waals surface area contributed by atoms with Crippen molar-refractivity contribution in [3.8, 4) is 11.5 Å². The SMILES string of the molecule is COc1ccccc1N/N=C1\C(=O)c2ccc(NC(=O)Nc3ccc4c(c3)C=C(S(=O)(=O)[O-])/C(=N/Nc3cc(C)c(S(=O)(=O)[O-])cc3OC)C4=O)cc2C=C1S(=O)(=O)[O-].[Na+].[Na+].[Na+]. The van der Waals surface area contributed by atoms with Crippen LogP contribution >= 0.6 is 0 Å². The first kappa shape index (κ1) is 52.6.